The average Bonchev–Trinajstić information content (AvgIpc) is 3.28. The van der Waals surface area contributed by atoms with Crippen molar-refractivity contribution in [3.63, 3.8) is 0 Å². The van der Waals surface area contributed by atoms with Crippen LogP contribution in [0.3, 0.4) is 0 Å². The van der Waals surface area contributed by atoms with Crippen molar-refractivity contribution < 1.29 is 23.9 Å². The minimum atomic E-state index is -1.87. The Kier molecular flexibility index (Phi) is 6.84. The molecule has 4 rings (SSSR count). The van der Waals surface area contributed by atoms with Gasteiger partial charge in [0.05, 0.1) is 30.2 Å². The number of fused-ring (bicyclic) bond motifs is 1. The average molecular weight is 526 g/mol. The van der Waals surface area contributed by atoms with Gasteiger partial charge in [0.25, 0.3) is 0 Å². The summed E-state index contributed by atoms with van der Waals surface area (Å²) >= 11 is 8.08. The second-order valence-electron chi connectivity index (χ2n) is 8.88. The molecule has 36 heavy (non-hydrogen) atoms. The number of nitrogens with zero attached hydrogens (tertiary/aromatic N) is 1. The van der Waals surface area contributed by atoms with Crippen molar-refractivity contribution in [3.05, 3.63) is 91.4 Å². The number of rotatable bonds is 5. The predicted octanol–water partition coefficient (Wildman–Crippen LogP) is 5.61. The van der Waals surface area contributed by atoms with Crippen molar-refractivity contribution in [2.75, 3.05) is 20.8 Å². The molecule has 188 valence electrons. The first-order valence-corrected chi connectivity index (χ1v) is 12.8. The fourth-order valence-corrected chi connectivity index (χ4v) is 7.14. The molecule has 0 unspecified atom stereocenters. The summed E-state index contributed by atoms with van der Waals surface area (Å²) in [5, 5.41) is 0.841. The Balaban J connectivity index is 2.27. The summed E-state index contributed by atoms with van der Waals surface area (Å²) in [4.78, 5) is 45.3. The second kappa shape index (κ2) is 9.45. The van der Waals surface area contributed by atoms with Gasteiger partial charge in [0.1, 0.15) is 5.41 Å². The van der Waals surface area contributed by atoms with Crippen molar-refractivity contribution in [2.24, 2.45) is 0 Å². The van der Waals surface area contributed by atoms with Gasteiger partial charge in [0, 0.05) is 27.7 Å². The Bertz CT molecular complexity index is 1350. The van der Waals surface area contributed by atoms with Gasteiger partial charge >= 0.3 is 11.9 Å². The molecular formula is C28H28ClNO5S. The summed E-state index contributed by atoms with van der Waals surface area (Å²) in [7, 11) is 2.53. The van der Waals surface area contributed by atoms with Gasteiger partial charge in [0.15, 0.2) is 5.78 Å². The van der Waals surface area contributed by atoms with Gasteiger partial charge in [-0.3, -0.25) is 9.59 Å². The maximum absolute atomic E-state index is 14.3. The molecule has 8 heteroatoms. The lowest BCUT2D eigenvalue weighted by atomic mass is 9.57. The lowest BCUT2D eigenvalue weighted by Gasteiger charge is -2.43. The van der Waals surface area contributed by atoms with Crippen LogP contribution in [0.25, 0.3) is 0 Å². The van der Waals surface area contributed by atoms with E-state index in [0.717, 1.165) is 10.6 Å². The smallest absolute Gasteiger partial charge is 0.338 e. The van der Waals surface area contributed by atoms with Crippen LogP contribution in [-0.2, 0) is 29.9 Å². The highest BCUT2D eigenvalue weighted by atomic mass is 35.5. The Morgan fingerprint density at radius 2 is 1.61 bits per heavy atom. The number of hydrogen-bond acceptors (Lipinski definition) is 7. The number of thioether (sulfide) groups is 1. The molecule has 1 aliphatic heterocycles. The molecule has 1 aliphatic carbocycles. The van der Waals surface area contributed by atoms with E-state index in [4.69, 9.17) is 21.1 Å². The molecule has 6 nitrogen and oxygen atoms in total. The Hall–Kier alpha value is -3.03. The van der Waals surface area contributed by atoms with E-state index < -0.39 is 22.8 Å². The molecule has 2 aromatic carbocycles. The number of esters is 2. The van der Waals surface area contributed by atoms with Crippen LogP contribution in [0.1, 0.15) is 49.2 Å². The van der Waals surface area contributed by atoms with Crippen molar-refractivity contribution >= 4 is 41.1 Å². The first-order chi connectivity index (χ1) is 17.1. The van der Waals surface area contributed by atoms with Crippen LogP contribution in [0.15, 0.2) is 69.7 Å². The maximum atomic E-state index is 14.3. The van der Waals surface area contributed by atoms with Crippen LogP contribution < -0.4 is 0 Å². The largest absolute Gasteiger partial charge is 0.468 e. The number of benzene rings is 2. The summed E-state index contributed by atoms with van der Waals surface area (Å²) in [5.41, 5.74) is -1.32. The lowest BCUT2D eigenvalue weighted by molar-refractivity contribution is -0.151. The lowest BCUT2D eigenvalue weighted by Crippen LogP contribution is -2.56. The molecule has 2 aliphatic rings. The number of allylic oxidation sites excluding steroid dienone is 2. The van der Waals surface area contributed by atoms with E-state index in [-0.39, 0.29) is 11.4 Å². The van der Waals surface area contributed by atoms with Gasteiger partial charge < -0.3 is 14.4 Å². The van der Waals surface area contributed by atoms with Gasteiger partial charge in [0.2, 0.25) is 0 Å². The molecule has 0 saturated carbocycles. The van der Waals surface area contributed by atoms with Crippen molar-refractivity contribution in [3.8, 4) is 0 Å². The number of ketones is 1. The zero-order valence-electron chi connectivity index (χ0n) is 21.1. The molecule has 0 fully saturated rings. The zero-order chi connectivity index (χ0) is 26.4. The molecule has 2 aromatic rings. The van der Waals surface area contributed by atoms with Crippen LogP contribution in [0, 0.1) is 0 Å². The molecule has 0 N–H and O–H groups in total. The highest BCUT2D eigenvalue weighted by molar-refractivity contribution is 8.07. The van der Waals surface area contributed by atoms with Gasteiger partial charge in [-0.15, -0.1) is 0 Å². The third-order valence-corrected chi connectivity index (χ3v) is 8.94. The third kappa shape index (κ3) is 3.29. The first kappa shape index (κ1) is 26.0. The number of carbonyl (C=O) groups excluding carboxylic acids is 3. The molecule has 0 radical (unpaired) electrons. The number of hydrogen-bond donors (Lipinski definition) is 0. The number of carbonyl (C=O) groups is 3. The molecule has 0 saturated heterocycles. The molecule has 0 bridgehead atoms. The van der Waals surface area contributed by atoms with Crippen molar-refractivity contribution in [1.29, 1.82) is 0 Å². The summed E-state index contributed by atoms with van der Waals surface area (Å²) in [6.07, 6.45) is 0. The maximum Gasteiger partial charge on any atom is 0.338 e. The number of Topliss-reactive ketones (excluding diaryl/α,β-unsaturated/α-hetero) is 1. The quantitative estimate of drug-likeness (QED) is 0.371. The van der Waals surface area contributed by atoms with Gasteiger partial charge in [-0.1, -0.05) is 65.8 Å². The highest BCUT2D eigenvalue weighted by Crippen LogP contribution is 2.61. The van der Waals surface area contributed by atoms with Crippen LogP contribution >= 0.6 is 23.4 Å². The Labute approximate surface area is 220 Å². The van der Waals surface area contributed by atoms with E-state index in [1.165, 1.54) is 26.0 Å². The normalized spacial score (nSPS) is 24.6. The predicted molar refractivity (Wildman–Crippen MR) is 141 cm³/mol. The topological polar surface area (TPSA) is 72.9 Å². The van der Waals surface area contributed by atoms with Crippen LogP contribution in [0.5, 0.6) is 0 Å². The van der Waals surface area contributed by atoms with Crippen molar-refractivity contribution in [2.45, 2.75) is 38.5 Å². The van der Waals surface area contributed by atoms with E-state index in [1.807, 2.05) is 25.7 Å². The molecule has 0 spiro atoms. The number of ether oxygens (including phenoxy) is 2. The Morgan fingerprint density at radius 1 is 1.00 bits per heavy atom. The summed E-state index contributed by atoms with van der Waals surface area (Å²) in [6.45, 7) is 8.08. The van der Waals surface area contributed by atoms with Gasteiger partial charge in [-0.05, 0) is 44.9 Å². The summed E-state index contributed by atoms with van der Waals surface area (Å²) in [5.74, 6) is -1.78. The third-order valence-electron chi connectivity index (χ3n) is 7.39. The van der Waals surface area contributed by atoms with Crippen LogP contribution in [0.4, 0.5) is 0 Å². The molecule has 1 heterocycles. The zero-order valence-corrected chi connectivity index (χ0v) is 22.7. The molecule has 0 aromatic heterocycles. The molecule has 2 atom stereocenters. The summed E-state index contributed by atoms with van der Waals surface area (Å²) in [6, 6.07) is 13.8. The van der Waals surface area contributed by atoms with Crippen LogP contribution in [0.2, 0.25) is 5.02 Å². The molecular weight excluding hydrogens is 498 g/mol. The monoisotopic (exact) mass is 525 g/mol. The van der Waals surface area contributed by atoms with E-state index in [9.17, 15) is 14.4 Å². The fourth-order valence-electron chi connectivity index (χ4n) is 5.55. The van der Waals surface area contributed by atoms with Crippen molar-refractivity contribution in [1.82, 2.24) is 4.90 Å². The van der Waals surface area contributed by atoms with Gasteiger partial charge in [-0.25, -0.2) is 4.79 Å². The second-order valence-corrected chi connectivity index (χ2v) is 10.5. The van der Waals surface area contributed by atoms with E-state index in [0.29, 0.717) is 33.3 Å². The van der Waals surface area contributed by atoms with Gasteiger partial charge in [-0.2, -0.15) is 0 Å². The number of halogens is 1. The SMILES string of the molecule is CCN1C(C)=C(C)S/C1=C(/C(=O)OC)[C@@]1(C(=O)OC)c2ccccc2C(=O)[C@]1(C)c1ccccc1Cl. The van der Waals surface area contributed by atoms with E-state index >= 15 is 0 Å². The summed E-state index contributed by atoms with van der Waals surface area (Å²) < 4.78 is 10.8. The molecule has 0 amide bonds. The van der Waals surface area contributed by atoms with Crippen LogP contribution in [-0.4, -0.2) is 43.4 Å². The van der Waals surface area contributed by atoms with E-state index in [1.54, 1.807) is 55.5 Å². The fraction of sp³-hybridized carbons (Fsp3) is 0.321. The minimum Gasteiger partial charge on any atom is -0.468 e. The van der Waals surface area contributed by atoms with E-state index in [2.05, 4.69) is 0 Å². The first-order valence-electron chi connectivity index (χ1n) is 11.6. The minimum absolute atomic E-state index is 0.0561. The Morgan fingerprint density at radius 3 is 2.19 bits per heavy atom. The number of methoxy groups -OCH3 is 2. The standard InChI is InChI=1S/C28H28ClNO5S/c1-7-30-16(2)17(3)36-24(30)22(25(32)34-5)28(26(33)35-6)19-13-9-8-12-18(19)23(31)27(28,4)20-14-10-11-15-21(20)29/h8-15H,7H2,1-6H3/b24-22-/t27-,28+/m0/s1. The highest BCUT2D eigenvalue weighted by Gasteiger charge is 2.71.